The average molecular weight is 1220 g/mol. The van der Waals surface area contributed by atoms with Crippen LogP contribution in [0.3, 0.4) is 0 Å². The molecule has 34 heteroatoms. The summed E-state index contributed by atoms with van der Waals surface area (Å²) in [7, 11) is 0. The van der Waals surface area contributed by atoms with Crippen molar-refractivity contribution in [1.82, 2.24) is 31.2 Å². The molecule has 16 atom stereocenters. The van der Waals surface area contributed by atoms with Crippen molar-refractivity contribution in [3.05, 3.63) is 0 Å². The van der Waals surface area contributed by atoms with Crippen molar-refractivity contribution >= 4 is 53.0 Å². The van der Waals surface area contributed by atoms with Crippen LogP contribution in [0.2, 0.25) is 0 Å². The lowest BCUT2D eigenvalue weighted by atomic mass is 9.99. The summed E-state index contributed by atoms with van der Waals surface area (Å²) < 4.78 is 32.2. The van der Waals surface area contributed by atoms with Crippen molar-refractivity contribution in [3.8, 4) is 0 Å². The van der Waals surface area contributed by atoms with Crippen LogP contribution in [0.4, 0.5) is 0 Å². The molecule has 16 N–H and O–H groups in total. The van der Waals surface area contributed by atoms with Gasteiger partial charge in [0.15, 0.2) is 24.7 Å². The molecule has 0 aromatic rings. The number of carbonyl (C=O) groups is 9. The van der Waals surface area contributed by atoms with E-state index in [4.69, 9.17) is 33.3 Å². The Hall–Kier alpha value is -4.93. The smallest absolute Gasteiger partial charge is 0.333 e. The van der Waals surface area contributed by atoms with Gasteiger partial charge in [-0.25, -0.2) is 4.79 Å². The first-order valence-corrected chi connectivity index (χ1v) is 27.7. The minimum Gasteiger partial charge on any atom is -0.394 e. The number of hydrogen-bond acceptors (Lipinski definition) is 29. The molecule has 0 radical (unpaired) electrons. The van der Waals surface area contributed by atoms with E-state index in [1.165, 1.54) is 0 Å². The van der Waals surface area contributed by atoms with Crippen molar-refractivity contribution in [2.24, 2.45) is 0 Å². The number of hydroxylamine groups is 2. The second-order valence-electron chi connectivity index (χ2n) is 20.4. The van der Waals surface area contributed by atoms with Gasteiger partial charge in [0.25, 0.3) is 11.8 Å². The predicted octanol–water partition coefficient (Wildman–Crippen LogP) is -9.39. The number of aliphatic hydroxyl groups is 12. The Labute approximate surface area is 481 Å². The largest absolute Gasteiger partial charge is 0.394 e. The maximum absolute atomic E-state index is 13.6. The van der Waals surface area contributed by atoms with Gasteiger partial charge < -0.3 is 116 Å². The minimum absolute atomic E-state index is 0.00206. The summed E-state index contributed by atoms with van der Waals surface area (Å²) in [5.74, 6) is -5.86. The molecule has 0 bridgehead atoms. The zero-order valence-corrected chi connectivity index (χ0v) is 46.2. The molecule has 4 rings (SSSR count). The monoisotopic (exact) mass is 1210 g/mol. The van der Waals surface area contributed by atoms with Crippen LogP contribution in [0, 0.1) is 0 Å². The lowest BCUT2D eigenvalue weighted by Gasteiger charge is -2.39. The quantitative estimate of drug-likeness (QED) is 0.0202. The van der Waals surface area contributed by atoms with Crippen LogP contribution in [0.15, 0.2) is 0 Å². The number of carbonyl (C=O) groups excluding carboxylic acids is 9. The normalized spacial score (nSPS) is 29.3. The highest BCUT2D eigenvalue weighted by molar-refractivity contribution is 6.01. The van der Waals surface area contributed by atoms with Crippen LogP contribution in [-0.4, -0.2) is 301 Å². The minimum atomic E-state index is -1.72. The fraction of sp³-hybridized carbons (Fsp3) is 0.820. The Kier molecular flexibility index (Phi) is 31.4. The fourth-order valence-corrected chi connectivity index (χ4v) is 8.97. The van der Waals surface area contributed by atoms with Crippen molar-refractivity contribution < 1.29 is 138 Å². The van der Waals surface area contributed by atoms with Crippen LogP contribution in [-0.2, 0) is 76.4 Å². The van der Waals surface area contributed by atoms with E-state index < -0.39 is 191 Å². The molecule has 4 fully saturated rings. The Morgan fingerprint density at radius 1 is 0.500 bits per heavy atom. The van der Waals surface area contributed by atoms with Crippen molar-refractivity contribution in [1.29, 1.82) is 0 Å². The van der Waals surface area contributed by atoms with E-state index in [0.29, 0.717) is 11.5 Å². The number of ketones is 2. The standard InChI is InChI=1S/C50H82N6O28/c57-23-29-39(69)42(72)45(75)48(81-29)78-16-5-7-26(60)20-55(21-34(64)52-15-18-80-50-47(77)44(74)41(71)31(25-59)83-50)22-35(65)53-19-33(63)54-27(28(61)9-6-17-79-49-46(76)43(73)40(70)30(24-58)82-49)8-3-4-14-51-32(62)10-1-2-11-38(68)84-56-36(66)12-13-37(56)67/h27,29-31,39-50,57-59,69-77H,1-25H2,(H,51,62)(H,52,64)(H,53,65)(H,54,63)/t27-,29+,30+,31+,39+,40+,41+,42-,43-,44-,45+,46-,47+,48+,49-,50+/m0/s1. The molecule has 4 aliphatic heterocycles. The number of nitrogens with zero attached hydrogens (tertiary/aromatic N) is 2. The lowest BCUT2D eigenvalue weighted by Crippen LogP contribution is -2.59. The predicted molar refractivity (Wildman–Crippen MR) is 275 cm³/mol. The third-order valence-corrected chi connectivity index (χ3v) is 13.8. The van der Waals surface area contributed by atoms with E-state index in [1.54, 1.807) is 0 Å². The second-order valence-corrected chi connectivity index (χ2v) is 20.4. The van der Waals surface area contributed by atoms with Gasteiger partial charge in [0.2, 0.25) is 23.6 Å². The first-order valence-electron chi connectivity index (χ1n) is 27.7. The zero-order chi connectivity index (χ0) is 62.0. The third-order valence-electron chi connectivity index (χ3n) is 13.8. The highest BCUT2D eigenvalue weighted by Gasteiger charge is 2.46. The van der Waals surface area contributed by atoms with Crippen LogP contribution >= 0.6 is 0 Å². The van der Waals surface area contributed by atoms with Gasteiger partial charge in [-0.3, -0.25) is 43.3 Å². The van der Waals surface area contributed by atoms with E-state index in [9.17, 15) is 104 Å². The molecular weight excluding hydrogens is 1130 g/mol. The fourth-order valence-electron chi connectivity index (χ4n) is 8.97. The summed E-state index contributed by atoms with van der Waals surface area (Å²) in [6, 6.07) is -1.16. The molecule has 34 nitrogen and oxygen atoms in total. The number of aliphatic hydroxyl groups excluding tert-OH is 12. The number of amides is 6. The first-order chi connectivity index (χ1) is 40.0. The van der Waals surface area contributed by atoms with Gasteiger partial charge in [0.05, 0.1) is 71.9 Å². The van der Waals surface area contributed by atoms with Gasteiger partial charge in [0.1, 0.15) is 79.0 Å². The molecule has 4 saturated heterocycles. The molecule has 4 heterocycles. The summed E-state index contributed by atoms with van der Waals surface area (Å²) >= 11 is 0. The van der Waals surface area contributed by atoms with E-state index in [0.717, 1.165) is 4.90 Å². The Morgan fingerprint density at radius 3 is 1.48 bits per heavy atom. The topological polar surface area (TPSA) is 516 Å². The Bertz CT molecular complexity index is 2050. The summed E-state index contributed by atoms with van der Waals surface area (Å²) in [5, 5.41) is 130. The maximum atomic E-state index is 13.6. The van der Waals surface area contributed by atoms with Crippen molar-refractivity contribution in [2.75, 3.05) is 78.9 Å². The van der Waals surface area contributed by atoms with Crippen LogP contribution in [0.5, 0.6) is 0 Å². The van der Waals surface area contributed by atoms with Crippen LogP contribution in [0.25, 0.3) is 0 Å². The van der Waals surface area contributed by atoms with Crippen molar-refractivity contribution in [2.45, 2.75) is 182 Å². The van der Waals surface area contributed by atoms with Gasteiger partial charge in [-0.05, 0) is 44.9 Å². The molecule has 0 aromatic heterocycles. The number of ether oxygens (including phenoxy) is 6. The highest BCUT2D eigenvalue weighted by atomic mass is 16.7. The van der Waals surface area contributed by atoms with E-state index in [2.05, 4.69) is 21.3 Å². The van der Waals surface area contributed by atoms with Gasteiger partial charge >= 0.3 is 5.97 Å². The molecular formula is C50H82N6O28. The molecule has 0 aliphatic carbocycles. The number of rotatable bonds is 38. The average Bonchev–Trinajstić information content (AvgIpc) is 3.84. The van der Waals surface area contributed by atoms with Gasteiger partial charge in [0, 0.05) is 51.6 Å². The van der Waals surface area contributed by atoms with Gasteiger partial charge in [-0.15, -0.1) is 5.06 Å². The Balaban J connectivity index is 1.30. The zero-order valence-electron chi connectivity index (χ0n) is 46.2. The highest BCUT2D eigenvalue weighted by Crippen LogP contribution is 2.25. The molecule has 6 amide bonds. The number of imide groups is 1. The molecule has 84 heavy (non-hydrogen) atoms. The summed E-state index contributed by atoms with van der Waals surface area (Å²) in [5.41, 5.74) is 0. The SMILES string of the molecule is O=C(CCCO[C@@H]1O[C@H](CO)[C@@H](O)[C@H](O)[C@H]1O)CN(CC(=O)NCCO[C@@H]1O[C@H](CO)[C@@H](O)[C@H](O)[C@H]1O)CC(=O)NCC(=O)N[C@@H](CCCCNC(=O)CCCCC(=O)ON1C(=O)CCC1=O)C(=O)CCCO[C@H]1O[C@H](CO)[C@@H](O)[C@H](O)[C@@H]1O. The molecule has 0 saturated carbocycles. The van der Waals surface area contributed by atoms with Crippen LogP contribution in [0.1, 0.15) is 83.5 Å². The number of Topliss-reactive ketones (excluding diaryl/α,β-unsaturated/α-hetero) is 2. The number of hydrogen-bond donors (Lipinski definition) is 16. The van der Waals surface area contributed by atoms with Crippen LogP contribution < -0.4 is 21.3 Å². The third kappa shape index (κ3) is 23.1. The second kappa shape index (κ2) is 36.9. The molecule has 0 unspecified atom stereocenters. The number of nitrogens with one attached hydrogen (secondary N) is 4. The van der Waals surface area contributed by atoms with E-state index in [-0.39, 0.29) is 116 Å². The van der Waals surface area contributed by atoms with Gasteiger partial charge in [-0.2, -0.15) is 0 Å². The summed E-state index contributed by atoms with van der Waals surface area (Å²) in [6.07, 6.45) is -22.9. The van der Waals surface area contributed by atoms with Gasteiger partial charge in [-0.1, -0.05) is 0 Å². The molecule has 4 aliphatic rings. The first kappa shape index (κ1) is 71.6. The molecule has 0 spiro atoms. The van der Waals surface area contributed by atoms with E-state index in [1.807, 2.05) is 0 Å². The summed E-state index contributed by atoms with van der Waals surface area (Å²) in [6.45, 7) is -5.44. The Morgan fingerprint density at radius 2 is 0.964 bits per heavy atom. The summed E-state index contributed by atoms with van der Waals surface area (Å²) in [4.78, 5) is 120. The molecule has 480 valence electrons. The van der Waals surface area contributed by atoms with E-state index >= 15 is 0 Å². The number of unbranched alkanes of at least 4 members (excludes halogenated alkanes) is 2. The van der Waals surface area contributed by atoms with Crippen molar-refractivity contribution in [3.63, 3.8) is 0 Å². The molecule has 0 aromatic carbocycles. The lowest BCUT2D eigenvalue weighted by molar-refractivity contribution is -0.301. The maximum Gasteiger partial charge on any atom is 0.333 e.